The number of nitrogens with zero attached hydrogens (tertiary/aromatic N) is 3. The number of aromatic nitrogens is 2. The van der Waals surface area contributed by atoms with E-state index in [2.05, 4.69) is 17.2 Å². The molecule has 0 radical (unpaired) electrons. The summed E-state index contributed by atoms with van der Waals surface area (Å²) in [5.41, 5.74) is 8.62. The number of benzene rings is 1. The highest BCUT2D eigenvalue weighted by Crippen LogP contribution is 2.40. The van der Waals surface area contributed by atoms with Crippen molar-refractivity contribution in [2.45, 2.75) is 25.2 Å². The molecule has 6 heteroatoms. The van der Waals surface area contributed by atoms with Crippen molar-refractivity contribution in [2.75, 3.05) is 19.6 Å². The molecule has 130 valence electrons. The van der Waals surface area contributed by atoms with E-state index in [1.165, 1.54) is 24.1 Å². The molecule has 0 aliphatic heterocycles. The highest BCUT2D eigenvalue weighted by Gasteiger charge is 2.29. The van der Waals surface area contributed by atoms with Crippen molar-refractivity contribution < 1.29 is 4.79 Å². The lowest BCUT2D eigenvalue weighted by molar-refractivity contribution is 0.0755. The first-order valence-electron chi connectivity index (χ1n) is 8.26. The number of halogens is 1. The lowest BCUT2D eigenvalue weighted by atomic mass is 10.1. The summed E-state index contributed by atoms with van der Waals surface area (Å²) in [5, 5.41) is 4.41. The van der Waals surface area contributed by atoms with Crippen molar-refractivity contribution in [2.24, 2.45) is 12.8 Å². The van der Waals surface area contributed by atoms with Crippen LogP contribution < -0.4 is 5.73 Å². The Labute approximate surface area is 149 Å². The lowest BCUT2D eigenvalue weighted by Gasteiger charge is -2.21. The molecular weight excluding hydrogens is 324 g/mol. The number of aryl methyl sites for hydroxylation is 1. The highest BCUT2D eigenvalue weighted by molar-refractivity contribution is 5.92. The van der Waals surface area contributed by atoms with Gasteiger partial charge in [0.2, 0.25) is 0 Å². The predicted molar refractivity (Wildman–Crippen MR) is 97.5 cm³/mol. The van der Waals surface area contributed by atoms with Crippen LogP contribution in [0.1, 0.15) is 40.5 Å². The van der Waals surface area contributed by atoms with Gasteiger partial charge in [0.15, 0.2) is 5.69 Å². The molecule has 0 spiro atoms. The maximum Gasteiger partial charge on any atom is 0.274 e. The van der Waals surface area contributed by atoms with Crippen LogP contribution in [-0.4, -0.2) is 40.2 Å². The normalized spacial score (nSPS) is 13.4. The van der Waals surface area contributed by atoms with E-state index in [1.807, 2.05) is 40.9 Å². The zero-order valence-corrected chi connectivity index (χ0v) is 14.8. The molecule has 0 bridgehead atoms. The number of amides is 1. The van der Waals surface area contributed by atoms with Gasteiger partial charge in [-0.2, -0.15) is 5.10 Å². The minimum Gasteiger partial charge on any atom is -0.336 e. The largest absolute Gasteiger partial charge is 0.336 e. The summed E-state index contributed by atoms with van der Waals surface area (Å²) in [7, 11) is 1.92. The van der Waals surface area contributed by atoms with E-state index >= 15 is 0 Å². The second-order valence-electron chi connectivity index (χ2n) is 6.17. The van der Waals surface area contributed by atoms with Crippen molar-refractivity contribution in [1.82, 2.24) is 14.7 Å². The molecule has 0 atom stereocenters. The van der Waals surface area contributed by atoms with Gasteiger partial charge in [-0.15, -0.1) is 12.4 Å². The van der Waals surface area contributed by atoms with Crippen LogP contribution >= 0.6 is 12.4 Å². The molecule has 5 nitrogen and oxygen atoms in total. The van der Waals surface area contributed by atoms with Gasteiger partial charge in [0.05, 0.1) is 0 Å². The van der Waals surface area contributed by atoms with E-state index in [0.29, 0.717) is 31.2 Å². The van der Waals surface area contributed by atoms with Gasteiger partial charge in [-0.05, 0) is 30.9 Å². The maximum atomic E-state index is 12.8. The minimum atomic E-state index is -0.0196. The number of nitrogens with two attached hydrogens (primary N) is 1. The zero-order valence-electron chi connectivity index (χ0n) is 14.0. The minimum absolute atomic E-state index is 0. The summed E-state index contributed by atoms with van der Waals surface area (Å²) in [6, 6.07) is 12.1. The molecule has 2 N–H and O–H groups in total. The Morgan fingerprint density at radius 3 is 2.62 bits per heavy atom. The lowest BCUT2D eigenvalue weighted by Crippen LogP contribution is -2.37. The van der Waals surface area contributed by atoms with Gasteiger partial charge in [-0.1, -0.05) is 30.3 Å². The fourth-order valence-corrected chi connectivity index (χ4v) is 2.89. The Morgan fingerprint density at radius 1 is 1.29 bits per heavy atom. The predicted octanol–water partition coefficient (Wildman–Crippen LogP) is 2.36. The van der Waals surface area contributed by atoms with Crippen molar-refractivity contribution in [3.05, 3.63) is 53.3 Å². The standard InChI is InChI=1S/C18H24N4O.ClH/c1-21-17(15-7-8-15)13-16(20-21)18(23)22(12-10-19)11-9-14-5-3-2-4-6-14;/h2-6,13,15H,7-12,19H2,1H3;1H. The number of hydrogen-bond donors (Lipinski definition) is 1. The monoisotopic (exact) mass is 348 g/mol. The fraction of sp³-hybridized carbons (Fsp3) is 0.444. The SMILES string of the molecule is Cl.Cn1nc(C(=O)N(CCN)CCc2ccccc2)cc1C1CC1. The van der Waals surface area contributed by atoms with Crippen LogP contribution in [0.3, 0.4) is 0 Å². The van der Waals surface area contributed by atoms with Gasteiger partial charge in [-0.3, -0.25) is 9.48 Å². The van der Waals surface area contributed by atoms with E-state index in [1.54, 1.807) is 0 Å². The van der Waals surface area contributed by atoms with Crippen molar-refractivity contribution >= 4 is 18.3 Å². The fourth-order valence-electron chi connectivity index (χ4n) is 2.89. The molecule has 0 saturated heterocycles. The Kier molecular flexibility index (Phi) is 6.40. The number of carbonyl (C=O) groups excluding carboxylic acids is 1. The van der Waals surface area contributed by atoms with E-state index in [4.69, 9.17) is 5.73 Å². The molecule has 1 aromatic heterocycles. The van der Waals surface area contributed by atoms with Crippen LogP contribution in [0.2, 0.25) is 0 Å². The molecule has 1 aliphatic rings. The third kappa shape index (κ3) is 4.36. The average Bonchev–Trinajstić information content (AvgIpc) is 3.34. The molecule has 3 rings (SSSR count). The van der Waals surface area contributed by atoms with Crippen LogP contribution in [0.15, 0.2) is 36.4 Å². The molecule has 0 unspecified atom stereocenters. The van der Waals surface area contributed by atoms with Gasteiger partial charge >= 0.3 is 0 Å². The van der Waals surface area contributed by atoms with Crippen molar-refractivity contribution in [3.63, 3.8) is 0 Å². The Bertz CT molecular complexity index is 667. The van der Waals surface area contributed by atoms with Crippen molar-refractivity contribution in [3.8, 4) is 0 Å². The van der Waals surface area contributed by atoms with Gasteiger partial charge in [-0.25, -0.2) is 0 Å². The summed E-state index contributed by atoms with van der Waals surface area (Å²) in [6.07, 6.45) is 3.23. The van der Waals surface area contributed by atoms with Gasteiger partial charge in [0.1, 0.15) is 0 Å². The highest BCUT2D eigenvalue weighted by atomic mass is 35.5. The summed E-state index contributed by atoms with van der Waals surface area (Å²) in [6.45, 7) is 1.68. The molecular formula is C18H25ClN4O. The first-order valence-corrected chi connectivity index (χ1v) is 8.26. The zero-order chi connectivity index (χ0) is 16.2. The van der Waals surface area contributed by atoms with Gasteiger partial charge in [0, 0.05) is 38.3 Å². The first-order chi connectivity index (χ1) is 11.2. The Balaban J connectivity index is 0.00000208. The maximum absolute atomic E-state index is 12.8. The summed E-state index contributed by atoms with van der Waals surface area (Å²) >= 11 is 0. The van der Waals surface area contributed by atoms with Crippen LogP contribution in [0.25, 0.3) is 0 Å². The van der Waals surface area contributed by atoms with Crippen LogP contribution in [-0.2, 0) is 13.5 Å². The molecule has 1 aliphatic carbocycles. The molecule has 2 aromatic rings. The smallest absolute Gasteiger partial charge is 0.274 e. The molecule has 1 saturated carbocycles. The quantitative estimate of drug-likeness (QED) is 0.835. The summed E-state index contributed by atoms with van der Waals surface area (Å²) in [5.74, 6) is 0.565. The third-order valence-corrected chi connectivity index (χ3v) is 4.33. The van der Waals surface area contributed by atoms with E-state index in [9.17, 15) is 4.79 Å². The number of carbonyl (C=O) groups is 1. The number of rotatable bonds is 7. The molecule has 1 heterocycles. The van der Waals surface area contributed by atoms with Gasteiger partial charge in [0.25, 0.3) is 5.91 Å². The van der Waals surface area contributed by atoms with E-state index in [-0.39, 0.29) is 18.3 Å². The molecule has 1 fully saturated rings. The number of hydrogen-bond acceptors (Lipinski definition) is 3. The second kappa shape index (κ2) is 8.31. The van der Waals surface area contributed by atoms with Gasteiger partial charge < -0.3 is 10.6 Å². The van der Waals surface area contributed by atoms with Crippen LogP contribution in [0.4, 0.5) is 0 Å². The summed E-state index contributed by atoms with van der Waals surface area (Å²) < 4.78 is 1.85. The summed E-state index contributed by atoms with van der Waals surface area (Å²) in [4.78, 5) is 14.6. The van der Waals surface area contributed by atoms with E-state index in [0.717, 1.165) is 6.42 Å². The van der Waals surface area contributed by atoms with Crippen LogP contribution in [0.5, 0.6) is 0 Å². The van der Waals surface area contributed by atoms with E-state index < -0.39 is 0 Å². The Hall–Kier alpha value is -1.85. The first kappa shape index (κ1) is 18.5. The molecule has 1 amide bonds. The van der Waals surface area contributed by atoms with Crippen LogP contribution in [0, 0.1) is 0 Å². The Morgan fingerprint density at radius 2 is 2.00 bits per heavy atom. The topological polar surface area (TPSA) is 64.2 Å². The third-order valence-electron chi connectivity index (χ3n) is 4.33. The second-order valence-corrected chi connectivity index (χ2v) is 6.17. The molecule has 1 aromatic carbocycles. The van der Waals surface area contributed by atoms with Crippen molar-refractivity contribution in [1.29, 1.82) is 0 Å². The molecule has 24 heavy (non-hydrogen) atoms. The average molecular weight is 349 g/mol.